The lowest BCUT2D eigenvalue weighted by Crippen LogP contribution is -2.36. The van der Waals surface area contributed by atoms with Crippen molar-refractivity contribution in [3.8, 4) is 0 Å². The van der Waals surface area contributed by atoms with Crippen molar-refractivity contribution in [1.82, 2.24) is 5.32 Å². The number of unbranched alkanes of at least 4 members (excludes halogenated alkanes) is 1. The van der Waals surface area contributed by atoms with Crippen LogP contribution in [0.2, 0.25) is 0 Å². The second-order valence-corrected chi connectivity index (χ2v) is 3.32. The van der Waals surface area contributed by atoms with Crippen LogP contribution >= 0.6 is 0 Å². The van der Waals surface area contributed by atoms with Gasteiger partial charge in [0.05, 0.1) is 0 Å². The van der Waals surface area contributed by atoms with Gasteiger partial charge in [-0.25, -0.2) is 0 Å². The zero-order chi connectivity index (χ0) is 8.69. The van der Waals surface area contributed by atoms with Crippen molar-refractivity contribution < 1.29 is 0 Å². The fraction of sp³-hybridized carbons (Fsp3) is 1.00. The molecule has 2 nitrogen and oxygen atoms in total. The molecule has 0 aliphatic rings. The standard InChI is InChI=1S/C9H22N2/c1-4-5-6-8(2)9(3)11-7-10/h8-9,11H,4-7,10H2,1-3H3. The van der Waals surface area contributed by atoms with Gasteiger partial charge in [-0.3, -0.25) is 0 Å². The molecule has 0 aromatic rings. The zero-order valence-corrected chi connectivity index (χ0v) is 8.06. The average molecular weight is 158 g/mol. The van der Waals surface area contributed by atoms with Gasteiger partial charge in [0.25, 0.3) is 0 Å². The lowest BCUT2D eigenvalue weighted by molar-refractivity contribution is 0.374. The van der Waals surface area contributed by atoms with Crippen molar-refractivity contribution in [3.63, 3.8) is 0 Å². The first-order valence-electron chi connectivity index (χ1n) is 4.65. The fourth-order valence-electron chi connectivity index (χ4n) is 1.16. The smallest absolute Gasteiger partial charge is 0.0430 e. The van der Waals surface area contributed by atoms with Crippen LogP contribution in [0.5, 0.6) is 0 Å². The minimum Gasteiger partial charge on any atom is -0.318 e. The summed E-state index contributed by atoms with van der Waals surface area (Å²) >= 11 is 0. The largest absolute Gasteiger partial charge is 0.318 e. The topological polar surface area (TPSA) is 38.0 Å². The summed E-state index contributed by atoms with van der Waals surface area (Å²) in [6.07, 6.45) is 3.93. The van der Waals surface area contributed by atoms with Crippen LogP contribution in [0.4, 0.5) is 0 Å². The minimum absolute atomic E-state index is 0.562. The molecule has 0 rings (SSSR count). The summed E-state index contributed by atoms with van der Waals surface area (Å²) in [6, 6.07) is 0.562. The molecular formula is C9H22N2. The van der Waals surface area contributed by atoms with Crippen molar-refractivity contribution in [2.45, 2.75) is 46.1 Å². The first-order valence-corrected chi connectivity index (χ1v) is 4.65. The molecule has 0 radical (unpaired) electrons. The van der Waals surface area contributed by atoms with Gasteiger partial charge in [0.15, 0.2) is 0 Å². The quantitative estimate of drug-likeness (QED) is 0.577. The van der Waals surface area contributed by atoms with Crippen LogP contribution in [0.25, 0.3) is 0 Å². The Hall–Kier alpha value is -0.0800. The van der Waals surface area contributed by atoms with Gasteiger partial charge in [-0.05, 0) is 19.3 Å². The Bertz CT molecular complexity index is 83.6. The summed E-state index contributed by atoms with van der Waals surface area (Å²) in [7, 11) is 0. The van der Waals surface area contributed by atoms with Crippen LogP contribution in [0, 0.1) is 5.92 Å². The van der Waals surface area contributed by atoms with Crippen molar-refractivity contribution in [3.05, 3.63) is 0 Å². The summed E-state index contributed by atoms with van der Waals surface area (Å²) in [5.74, 6) is 0.749. The summed E-state index contributed by atoms with van der Waals surface area (Å²) < 4.78 is 0. The number of nitrogens with two attached hydrogens (primary N) is 1. The number of hydrogen-bond acceptors (Lipinski definition) is 2. The molecule has 2 heteroatoms. The van der Waals surface area contributed by atoms with E-state index in [1.165, 1.54) is 19.3 Å². The molecule has 0 aromatic carbocycles. The summed E-state index contributed by atoms with van der Waals surface area (Å²) in [5, 5.41) is 3.23. The van der Waals surface area contributed by atoms with E-state index in [0.717, 1.165) is 5.92 Å². The van der Waals surface area contributed by atoms with Gasteiger partial charge in [0, 0.05) is 12.7 Å². The number of nitrogens with one attached hydrogen (secondary N) is 1. The summed E-state index contributed by atoms with van der Waals surface area (Å²) in [5.41, 5.74) is 5.38. The number of rotatable bonds is 6. The normalized spacial score (nSPS) is 16.4. The zero-order valence-electron chi connectivity index (χ0n) is 8.06. The minimum atomic E-state index is 0.562. The highest BCUT2D eigenvalue weighted by molar-refractivity contribution is 4.66. The Morgan fingerprint density at radius 2 is 2.00 bits per heavy atom. The third-order valence-electron chi connectivity index (χ3n) is 2.31. The van der Waals surface area contributed by atoms with Gasteiger partial charge >= 0.3 is 0 Å². The second-order valence-electron chi connectivity index (χ2n) is 3.32. The molecule has 0 aliphatic carbocycles. The molecule has 0 aliphatic heterocycles. The van der Waals surface area contributed by atoms with Gasteiger partial charge in [0.2, 0.25) is 0 Å². The summed E-state index contributed by atoms with van der Waals surface area (Å²) in [6.45, 7) is 7.31. The van der Waals surface area contributed by atoms with Crippen molar-refractivity contribution >= 4 is 0 Å². The molecule has 0 heterocycles. The van der Waals surface area contributed by atoms with E-state index in [2.05, 4.69) is 26.1 Å². The highest BCUT2D eigenvalue weighted by Crippen LogP contribution is 2.11. The predicted octanol–water partition coefficient (Wildman–Crippen LogP) is 1.71. The average Bonchev–Trinajstić information content (AvgIpc) is 2.00. The molecule has 0 amide bonds. The third-order valence-corrected chi connectivity index (χ3v) is 2.31. The van der Waals surface area contributed by atoms with Crippen LogP contribution in [0.15, 0.2) is 0 Å². The maximum absolute atomic E-state index is 5.38. The number of hydrogen-bond donors (Lipinski definition) is 2. The molecule has 0 spiro atoms. The van der Waals surface area contributed by atoms with Gasteiger partial charge in [-0.1, -0.05) is 26.7 Å². The Morgan fingerprint density at radius 3 is 2.45 bits per heavy atom. The first kappa shape index (κ1) is 10.9. The van der Waals surface area contributed by atoms with Crippen LogP contribution in [0.3, 0.4) is 0 Å². The van der Waals surface area contributed by atoms with E-state index in [9.17, 15) is 0 Å². The summed E-state index contributed by atoms with van der Waals surface area (Å²) in [4.78, 5) is 0. The van der Waals surface area contributed by atoms with E-state index in [0.29, 0.717) is 12.7 Å². The molecule has 68 valence electrons. The van der Waals surface area contributed by atoms with Crippen LogP contribution in [0.1, 0.15) is 40.0 Å². The van der Waals surface area contributed by atoms with E-state index in [-0.39, 0.29) is 0 Å². The molecule has 0 saturated carbocycles. The van der Waals surface area contributed by atoms with Gasteiger partial charge in [0.1, 0.15) is 0 Å². The molecular weight excluding hydrogens is 136 g/mol. The SMILES string of the molecule is CCCCC(C)C(C)NCN. The fourth-order valence-corrected chi connectivity index (χ4v) is 1.16. The van der Waals surface area contributed by atoms with E-state index < -0.39 is 0 Å². The first-order chi connectivity index (χ1) is 5.22. The lowest BCUT2D eigenvalue weighted by atomic mass is 9.97. The molecule has 0 fully saturated rings. The van der Waals surface area contributed by atoms with Crippen molar-refractivity contribution in [2.24, 2.45) is 11.7 Å². The van der Waals surface area contributed by atoms with Gasteiger partial charge in [-0.15, -0.1) is 0 Å². The molecule has 0 saturated heterocycles. The monoisotopic (exact) mass is 158 g/mol. The Balaban J connectivity index is 3.38. The van der Waals surface area contributed by atoms with E-state index >= 15 is 0 Å². The molecule has 2 atom stereocenters. The Kier molecular flexibility index (Phi) is 6.57. The Morgan fingerprint density at radius 1 is 1.36 bits per heavy atom. The second kappa shape index (κ2) is 6.62. The van der Waals surface area contributed by atoms with E-state index in [1.54, 1.807) is 0 Å². The van der Waals surface area contributed by atoms with Crippen molar-refractivity contribution in [2.75, 3.05) is 6.67 Å². The highest BCUT2D eigenvalue weighted by atomic mass is 15.0. The molecule has 2 unspecified atom stereocenters. The molecule has 11 heavy (non-hydrogen) atoms. The lowest BCUT2D eigenvalue weighted by Gasteiger charge is -2.19. The van der Waals surface area contributed by atoms with Crippen LogP contribution < -0.4 is 11.1 Å². The third kappa shape index (κ3) is 5.22. The van der Waals surface area contributed by atoms with Crippen LogP contribution in [-0.4, -0.2) is 12.7 Å². The van der Waals surface area contributed by atoms with E-state index in [1.807, 2.05) is 0 Å². The predicted molar refractivity (Wildman–Crippen MR) is 50.3 cm³/mol. The highest BCUT2D eigenvalue weighted by Gasteiger charge is 2.09. The maximum atomic E-state index is 5.38. The molecule has 0 bridgehead atoms. The maximum Gasteiger partial charge on any atom is 0.0430 e. The van der Waals surface area contributed by atoms with Gasteiger partial charge in [-0.2, -0.15) is 0 Å². The van der Waals surface area contributed by atoms with E-state index in [4.69, 9.17) is 5.73 Å². The molecule has 3 N–H and O–H groups in total. The van der Waals surface area contributed by atoms with Gasteiger partial charge < -0.3 is 11.1 Å². The molecule has 0 aromatic heterocycles. The van der Waals surface area contributed by atoms with Crippen LogP contribution in [-0.2, 0) is 0 Å². The van der Waals surface area contributed by atoms with Crippen molar-refractivity contribution in [1.29, 1.82) is 0 Å². The Labute approximate surface area is 70.5 Å².